The molecule has 1 N–H and O–H groups in total. The molecule has 2 aromatic carbocycles. The Labute approximate surface area is 114 Å². The molecule has 0 aliphatic carbocycles. The summed E-state index contributed by atoms with van der Waals surface area (Å²) in [7, 11) is 0. The highest BCUT2D eigenvalue weighted by Gasteiger charge is 2.23. The van der Waals surface area contributed by atoms with E-state index in [1.54, 1.807) is 17.8 Å². The van der Waals surface area contributed by atoms with E-state index < -0.39 is 0 Å². The van der Waals surface area contributed by atoms with Crippen molar-refractivity contribution >= 4 is 40.7 Å². The highest BCUT2D eigenvalue weighted by Crippen LogP contribution is 2.47. The van der Waals surface area contributed by atoms with Crippen molar-refractivity contribution in [2.24, 2.45) is 0 Å². The Kier molecular flexibility index (Phi) is 2.95. The van der Waals surface area contributed by atoms with Gasteiger partial charge in [0.15, 0.2) is 0 Å². The minimum Gasteiger partial charge on any atom is -0.368 e. The Morgan fingerprint density at radius 2 is 1.88 bits per heavy atom. The molecule has 86 valence electrons. The van der Waals surface area contributed by atoms with Crippen molar-refractivity contribution in [2.45, 2.75) is 10.3 Å². The van der Waals surface area contributed by atoms with Crippen molar-refractivity contribution < 1.29 is 0 Å². The number of rotatable bonds is 1. The molecular formula is C13H9Cl2NS. The van der Waals surface area contributed by atoms with Gasteiger partial charge in [0.05, 0.1) is 0 Å². The van der Waals surface area contributed by atoms with Crippen LogP contribution in [0.3, 0.4) is 0 Å². The van der Waals surface area contributed by atoms with Crippen molar-refractivity contribution in [3.63, 3.8) is 0 Å². The third-order valence-corrected chi connectivity index (χ3v) is 4.44. The van der Waals surface area contributed by atoms with Crippen LogP contribution in [0.2, 0.25) is 10.0 Å². The molecule has 0 unspecified atom stereocenters. The van der Waals surface area contributed by atoms with Crippen LogP contribution in [0.25, 0.3) is 0 Å². The van der Waals surface area contributed by atoms with Crippen LogP contribution in [0.1, 0.15) is 10.9 Å². The Morgan fingerprint density at radius 1 is 1.06 bits per heavy atom. The van der Waals surface area contributed by atoms with Gasteiger partial charge in [-0.2, -0.15) is 0 Å². The lowest BCUT2D eigenvalue weighted by atomic mass is 10.2. The van der Waals surface area contributed by atoms with Crippen molar-refractivity contribution in [3.8, 4) is 0 Å². The molecule has 1 heterocycles. The Balaban J connectivity index is 1.94. The summed E-state index contributed by atoms with van der Waals surface area (Å²) in [5, 5.41) is 4.98. The standard InChI is InChI=1S/C13H9Cl2NS/c14-8-5-6-9(10(15)7-8)13-16-11-3-1-2-4-12(11)17-13/h1-7,13,16H/t13-/m1/s1. The van der Waals surface area contributed by atoms with E-state index in [0.29, 0.717) is 10.0 Å². The predicted octanol–water partition coefficient (Wildman–Crippen LogP) is 5.21. The highest BCUT2D eigenvalue weighted by atomic mass is 35.5. The van der Waals surface area contributed by atoms with Crippen LogP contribution in [-0.2, 0) is 0 Å². The molecule has 1 atom stereocenters. The number of thioether (sulfide) groups is 1. The Hall–Kier alpha value is -0.830. The number of anilines is 1. The van der Waals surface area contributed by atoms with E-state index in [1.807, 2.05) is 24.3 Å². The van der Waals surface area contributed by atoms with Crippen LogP contribution in [-0.4, -0.2) is 0 Å². The van der Waals surface area contributed by atoms with E-state index in [0.717, 1.165) is 11.3 Å². The largest absolute Gasteiger partial charge is 0.368 e. The van der Waals surface area contributed by atoms with Gasteiger partial charge in [-0.25, -0.2) is 0 Å². The SMILES string of the molecule is Clc1ccc([C@@H]2Nc3ccccc3S2)c(Cl)c1. The molecule has 4 heteroatoms. The van der Waals surface area contributed by atoms with E-state index in [1.165, 1.54) is 4.90 Å². The van der Waals surface area contributed by atoms with Gasteiger partial charge in [-0.3, -0.25) is 0 Å². The number of nitrogens with one attached hydrogen (secondary N) is 1. The summed E-state index contributed by atoms with van der Waals surface area (Å²) < 4.78 is 0. The van der Waals surface area contributed by atoms with Crippen LogP contribution in [0.5, 0.6) is 0 Å². The summed E-state index contributed by atoms with van der Waals surface area (Å²) in [4.78, 5) is 1.25. The van der Waals surface area contributed by atoms with Gasteiger partial charge in [-0.15, -0.1) is 0 Å². The minimum absolute atomic E-state index is 0.164. The first-order valence-corrected chi connectivity index (χ1v) is 6.85. The normalized spacial score (nSPS) is 17.6. The smallest absolute Gasteiger partial charge is 0.104 e. The maximum atomic E-state index is 6.21. The van der Waals surface area contributed by atoms with Crippen LogP contribution in [0, 0.1) is 0 Å². The first-order chi connectivity index (χ1) is 8.24. The van der Waals surface area contributed by atoms with E-state index >= 15 is 0 Å². The summed E-state index contributed by atoms with van der Waals surface area (Å²) in [5.41, 5.74) is 2.23. The summed E-state index contributed by atoms with van der Waals surface area (Å²) in [5.74, 6) is 0. The molecule has 1 aliphatic rings. The number of halogens is 2. The molecule has 1 aliphatic heterocycles. The second-order valence-corrected chi connectivity index (χ2v) is 5.79. The maximum Gasteiger partial charge on any atom is 0.104 e. The van der Waals surface area contributed by atoms with Gasteiger partial charge >= 0.3 is 0 Å². The zero-order valence-corrected chi connectivity index (χ0v) is 11.1. The Bertz CT molecular complexity index is 546. The molecule has 0 fully saturated rings. The van der Waals surface area contributed by atoms with E-state index in [9.17, 15) is 0 Å². The zero-order valence-electron chi connectivity index (χ0n) is 8.78. The van der Waals surface area contributed by atoms with Crippen molar-refractivity contribution in [1.29, 1.82) is 0 Å². The van der Waals surface area contributed by atoms with Gasteiger partial charge in [-0.1, -0.05) is 53.2 Å². The van der Waals surface area contributed by atoms with Gasteiger partial charge in [0.2, 0.25) is 0 Å². The fourth-order valence-corrected chi connectivity index (χ4v) is 3.61. The Morgan fingerprint density at radius 3 is 2.65 bits per heavy atom. The second-order valence-electron chi connectivity index (χ2n) is 3.80. The number of benzene rings is 2. The van der Waals surface area contributed by atoms with Crippen molar-refractivity contribution in [1.82, 2.24) is 0 Å². The fourth-order valence-electron chi connectivity index (χ4n) is 1.84. The lowest BCUT2D eigenvalue weighted by Crippen LogP contribution is -2.01. The number of fused-ring (bicyclic) bond motifs is 1. The van der Waals surface area contributed by atoms with Crippen LogP contribution >= 0.6 is 35.0 Å². The summed E-state index contributed by atoms with van der Waals surface area (Å²) >= 11 is 13.9. The lowest BCUT2D eigenvalue weighted by molar-refractivity contribution is 1.13. The third kappa shape index (κ3) is 2.13. The predicted molar refractivity (Wildman–Crippen MR) is 75.1 cm³/mol. The fraction of sp³-hybridized carbons (Fsp3) is 0.0769. The number of hydrogen-bond donors (Lipinski definition) is 1. The molecule has 3 rings (SSSR count). The molecule has 0 aromatic heterocycles. The van der Waals surface area contributed by atoms with Crippen molar-refractivity contribution in [3.05, 3.63) is 58.1 Å². The van der Waals surface area contributed by atoms with Crippen LogP contribution in [0.15, 0.2) is 47.4 Å². The molecule has 2 aromatic rings. The van der Waals surface area contributed by atoms with E-state index in [4.69, 9.17) is 23.2 Å². The summed E-state index contributed by atoms with van der Waals surface area (Å²) in [6, 6.07) is 13.9. The molecule has 0 spiro atoms. The first-order valence-electron chi connectivity index (χ1n) is 5.21. The van der Waals surface area contributed by atoms with E-state index in [2.05, 4.69) is 17.4 Å². The van der Waals surface area contributed by atoms with Gasteiger partial charge in [-0.05, 0) is 24.3 Å². The quantitative estimate of drug-likeness (QED) is 0.770. The lowest BCUT2D eigenvalue weighted by Gasteiger charge is -2.12. The molecule has 0 radical (unpaired) electrons. The molecule has 0 amide bonds. The molecular weight excluding hydrogens is 273 g/mol. The molecule has 1 nitrogen and oxygen atoms in total. The highest BCUT2D eigenvalue weighted by molar-refractivity contribution is 8.00. The molecule has 0 bridgehead atoms. The minimum atomic E-state index is 0.164. The summed E-state index contributed by atoms with van der Waals surface area (Å²) in [6.07, 6.45) is 0. The van der Waals surface area contributed by atoms with Gasteiger partial charge in [0, 0.05) is 26.2 Å². The van der Waals surface area contributed by atoms with E-state index in [-0.39, 0.29) is 5.37 Å². The third-order valence-electron chi connectivity index (χ3n) is 2.66. The molecule has 0 saturated heterocycles. The number of para-hydroxylation sites is 1. The van der Waals surface area contributed by atoms with Crippen LogP contribution < -0.4 is 5.32 Å². The van der Waals surface area contributed by atoms with Gasteiger partial charge in [0.25, 0.3) is 0 Å². The maximum absolute atomic E-state index is 6.21. The topological polar surface area (TPSA) is 12.0 Å². The first kappa shape index (κ1) is 11.3. The van der Waals surface area contributed by atoms with Crippen LogP contribution in [0.4, 0.5) is 5.69 Å². The molecule has 17 heavy (non-hydrogen) atoms. The van der Waals surface area contributed by atoms with Gasteiger partial charge < -0.3 is 5.32 Å². The van der Waals surface area contributed by atoms with Gasteiger partial charge in [0.1, 0.15) is 5.37 Å². The second kappa shape index (κ2) is 4.45. The average Bonchev–Trinajstić information content (AvgIpc) is 2.72. The number of hydrogen-bond acceptors (Lipinski definition) is 2. The van der Waals surface area contributed by atoms with Crippen molar-refractivity contribution in [2.75, 3.05) is 5.32 Å². The molecule has 0 saturated carbocycles. The average molecular weight is 282 g/mol. The zero-order chi connectivity index (χ0) is 11.8. The monoisotopic (exact) mass is 281 g/mol. The summed E-state index contributed by atoms with van der Waals surface area (Å²) in [6.45, 7) is 0.